The molecule has 2 heteroatoms. The summed E-state index contributed by atoms with van der Waals surface area (Å²) in [6, 6.07) is 24.5. The largest absolute Gasteiger partial charge is 0.197 e. The summed E-state index contributed by atoms with van der Waals surface area (Å²) in [5, 5.41) is 55.1. The van der Waals surface area contributed by atoms with E-state index in [1.54, 1.807) is 0 Å². The lowest BCUT2D eigenvalue weighted by Crippen LogP contribution is -2.50. The van der Waals surface area contributed by atoms with E-state index in [-0.39, 0.29) is 0 Å². The van der Waals surface area contributed by atoms with Gasteiger partial charge in [0.2, 0.25) is 0 Å². The first-order valence-corrected chi connectivity index (χ1v) is 15.5. The Balaban J connectivity index is 1.54. The second-order valence-corrected chi connectivity index (χ2v) is 14.3. The molecule has 0 aromatic heterocycles. The first kappa shape index (κ1) is 18.6. The van der Waals surface area contributed by atoms with Crippen LogP contribution in [0.1, 0.15) is 11.1 Å². The van der Waals surface area contributed by atoms with Crippen molar-refractivity contribution in [1.29, 1.82) is 10.5 Å². The molecule has 12 aromatic rings. The van der Waals surface area contributed by atoms with E-state index in [2.05, 4.69) is 72.8 Å². The quantitative estimate of drug-likeness (QED) is 0.181. The molecule has 2 nitrogen and oxygen atoms in total. The van der Waals surface area contributed by atoms with Crippen molar-refractivity contribution >= 4 is 130 Å². The Kier molecular flexibility index (Phi) is 1.95. The van der Waals surface area contributed by atoms with Crippen molar-refractivity contribution in [2.24, 2.45) is 0 Å². The number of hydrogen-bond acceptors (Lipinski definition) is 2. The molecule has 0 spiro atoms. The van der Waals surface area contributed by atoms with Crippen LogP contribution in [0.15, 0.2) is 60.7 Å². The van der Waals surface area contributed by atoms with E-state index in [0.717, 1.165) is 32.7 Å². The minimum atomic E-state index is -1.09. The standard InChI is InChI=1S/C42H10N2/c43-11-41-21-9-10-22-20-8-6-18-16-4-2-14-13-1-3-15-17-5-7-19(21)29-27(17)32-25(15)23(13)31-24(14)26(16)33-28(18)30(20)40(42(22,41)12-44)38-36(33)34(31)35(32)37(38)39(29)41/h1-10H. The van der Waals surface area contributed by atoms with Crippen LogP contribution < -0.4 is 10.4 Å². The van der Waals surface area contributed by atoms with E-state index < -0.39 is 10.8 Å². The molecule has 0 fully saturated rings. The molecule has 0 N–H and O–H groups in total. The van der Waals surface area contributed by atoms with Crippen LogP contribution in [0.2, 0.25) is 0 Å². The van der Waals surface area contributed by atoms with Crippen LogP contribution in [0.5, 0.6) is 0 Å². The van der Waals surface area contributed by atoms with E-state index in [0.29, 0.717) is 0 Å². The van der Waals surface area contributed by atoms with E-state index in [1.807, 2.05) is 0 Å². The molecule has 0 aliphatic heterocycles. The highest BCUT2D eigenvalue weighted by Crippen LogP contribution is 2.72. The molecule has 0 saturated heterocycles. The van der Waals surface area contributed by atoms with Crippen LogP contribution in [0.25, 0.3) is 130 Å². The SMILES string of the molecule is N#CC12C3=c4ccc5c6ccc7c8ccc9c%10ccc%11c%12c(c%13c%14c1c4c5c1c6c7c4c8c9c(c%12%10)c%13c4c%141)C2(C#N)C=%11C=C3. The van der Waals surface area contributed by atoms with Crippen LogP contribution in [-0.2, 0) is 10.8 Å². The summed E-state index contributed by atoms with van der Waals surface area (Å²) < 4.78 is 0. The van der Waals surface area contributed by atoms with Gasteiger partial charge in [-0.25, -0.2) is 0 Å². The van der Waals surface area contributed by atoms with E-state index in [1.165, 1.54) is 118 Å². The second kappa shape index (κ2) is 4.62. The number of allylic oxidation sites excluding steroid dienone is 2. The first-order chi connectivity index (χ1) is 21.8. The van der Waals surface area contributed by atoms with Crippen LogP contribution in [-0.4, -0.2) is 0 Å². The van der Waals surface area contributed by atoms with E-state index >= 15 is 0 Å². The minimum absolute atomic E-state index is 1.01. The summed E-state index contributed by atoms with van der Waals surface area (Å²) in [7, 11) is 0. The lowest BCUT2D eigenvalue weighted by molar-refractivity contribution is 0.546. The monoisotopic (exact) mass is 542 g/mol. The lowest BCUT2D eigenvalue weighted by atomic mass is 9.49. The number of benzene rings is 8. The molecule has 188 valence electrons. The number of fused-ring (bicyclic) bond motifs is 3. The van der Waals surface area contributed by atoms with Crippen LogP contribution in [0, 0.1) is 22.7 Å². The van der Waals surface area contributed by atoms with Gasteiger partial charge in [0.05, 0.1) is 12.1 Å². The van der Waals surface area contributed by atoms with Crippen molar-refractivity contribution in [2.75, 3.05) is 0 Å². The van der Waals surface area contributed by atoms with Gasteiger partial charge in [0, 0.05) is 0 Å². The number of rotatable bonds is 0. The highest BCUT2D eigenvalue weighted by molar-refractivity contribution is 6.64. The molecule has 2 unspecified atom stereocenters. The van der Waals surface area contributed by atoms with Gasteiger partial charge in [-0.15, -0.1) is 0 Å². The molecule has 2 atom stereocenters. The lowest BCUT2D eigenvalue weighted by Gasteiger charge is -2.46. The Hall–Kier alpha value is -5.96. The topological polar surface area (TPSA) is 47.6 Å². The molecular formula is C42H10N2. The average molecular weight is 543 g/mol. The second-order valence-electron chi connectivity index (χ2n) is 14.3. The summed E-state index contributed by atoms with van der Waals surface area (Å²) in [5.74, 6) is 0. The van der Waals surface area contributed by atoms with Crippen molar-refractivity contribution in [1.82, 2.24) is 0 Å². The summed E-state index contributed by atoms with van der Waals surface area (Å²) in [5.41, 5.74) is 2.08. The van der Waals surface area contributed by atoms with Crippen molar-refractivity contribution in [3.8, 4) is 12.1 Å². The predicted molar refractivity (Wildman–Crippen MR) is 178 cm³/mol. The summed E-state index contributed by atoms with van der Waals surface area (Å²) in [4.78, 5) is 0. The zero-order valence-corrected chi connectivity index (χ0v) is 22.7. The molecule has 0 bridgehead atoms. The van der Waals surface area contributed by atoms with Gasteiger partial charge in [-0.2, -0.15) is 10.5 Å². The fourth-order valence-electron chi connectivity index (χ4n) is 12.7. The highest BCUT2D eigenvalue weighted by Gasteiger charge is 2.68. The van der Waals surface area contributed by atoms with Crippen molar-refractivity contribution < 1.29 is 0 Å². The molecule has 4 aliphatic carbocycles. The van der Waals surface area contributed by atoms with E-state index in [4.69, 9.17) is 0 Å². The van der Waals surface area contributed by atoms with Gasteiger partial charge in [0.1, 0.15) is 10.8 Å². The van der Waals surface area contributed by atoms with Gasteiger partial charge in [-0.3, -0.25) is 0 Å². The molecule has 4 aliphatic rings. The van der Waals surface area contributed by atoms with Gasteiger partial charge in [-0.1, -0.05) is 60.7 Å². The van der Waals surface area contributed by atoms with Gasteiger partial charge >= 0.3 is 0 Å². The van der Waals surface area contributed by atoms with Gasteiger partial charge in [0.15, 0.2) is 0 Å². The number of nitrogens with zero attached hydrogens (tertiary/aromatic N) is 2. The zero-order valence-electron chi connectivity index (χ0n) is 22.7. The fourth-order valence-corrected chi connectivity index (χ4v) is 12.7. The highest BCUT2D eigenvalue weighted by atomic mass is 14.7. The fraction of sp³-hybridized carbons (Fsp3) is 0.0476. The third-order valence-corrected chi connectivity index (χ3v) is 13.6. The Morgan fingerprint density at radius 3 is 1.00 bits per heavy atom. The summed E-state index contributed by atoms with van der Waals surface area (Å²) in [6.45, 7) is 0. The molecule has 12 aromatic carbocycles. The van der Waals surface area contributed by atoms with Gasteiger partial charge in [-0.05, 0) is 151 Å². The molecule has 0 amide bonds. The minimum Gasteiger partial charge on any atom is -0.197 e. The van der Waals surface area contributed by atoms with Crippen LogP contribution in [0.3, 0.4) is 0 Å². The Morgan fingerprint density at radius 2 is 0.636 bits per heavy atom. The predicted octanol–water partition coefficient (Wildman–Crippen LogP) is 8.31. The van der Waals surface area contributed by atoms with Crippen molar-refractivity contribution in [2.45, 2.75) is 10.8 Å². The van der Waals surface area contributed by atoms with Gasteiger partial charge < -0.3 is 0 Å². The number of nitriles is 2. The molecule has 44 heavy (non-hydrogen) atoms. The first-order valence-electron chi connectivity index (χ1n) is 15.5. The van der Waals surface area contributed by atoms with Gasteiger partial charge in [0.25, 0.3) is 0 Å². The smallest absolute Gasteiger partial charge is 0.136 e. The molecule has 16 rings (SSSR count). The third-order valence-electron chi connectivity index (χ3n) is 13.6. The Morgan fingerprint density at radius 1 is 0.341 bits per heavy atom. The Bertz CT molecular complexity index is 3540. The Labute approximate surface area is 244 Å². The normalized spacial score (nSPS) is 23.4. The average Bonchev–Trinajstić information content (AvgIpc) is 3.86. The van der Waals surface area contributed by atoms with Crippen LogP contribution >= 0.6 is 0 Å². The molecular weight excluding hydrogens is 532 g/mol. The van der Waals surface area contributed by atoms with Crippen LogP contribution in [0.4, 0.5) is 0 Å². The number of hydrogen-bond donors (Lipinski definition) is 0. The maximum atomic E-state index is 11.7. The molecule has 0 radical (unpaired) electrons. The molecule has 0 saturated carbocycles. The summed E-state index contributed by atoms with van der Waals surface area (Å²) in [6.07, 6.45) is 4.40. The van der Waals surface area contributed by atoms with Crippen molar-refractivity contribution in [3.05, 3.63) is 82.2 Å². The van der Waals surface area contributed by atoms with E-state index in [9.17, 15) is 10.5 Å². The maximum Gasteiger partial charge on any atom is 0.136 e. The summed E-state index contributed by atoms with van der Waals surface area (Å²) >= 11 is 0. The maximum absolute atomic E-state index is 11.7. The zero-order chi connectivity index (χ0) is 27.7. The molecule has 0 heterocycles. The van der Waals surface area contributed by atoms with Crippen molar-refractivity contribution in [3.63, 3.8) is 0 Å². The third kappa shape index (κ3) is 1.13.